The summed E-state index contributed by atoms with van der Waals surface area (Å²) in [5.74, 6) is 0. The molecule has 1 N–H and O–H groups in total. The van der Waals surface area contributed by atoms with Gasteiger partial charge in [0.15, 0.2) is 0 Å². The van der Waals surface area contributed by atoms with E-state index < -0.39 is 0 Å². The minimum absolute atomic E-state index is 0.881. The third-order valence-corrected chi connectivity index (χ3v) is 3.84. The molecule has 3 heteroatoms. The van der Waals surface area contributed by atoms with Crippen molar-refractivity contribution in [1.29, 1.82) is 0 Å². The fourth-order valence-corrected chi connectivity index (χ4v) is 3.21. The topological polar surface area (TPSA) is 12.0 Å². The summed E-state index contributed by atoms with van der Waals surface area (Å²) in [4.78, 5) is 0. The lowest BCUT2D eigenvalue weighted by molar-refractivity contribution is 1.14. The number of nitrogens with one attached hydrogen (secondary N) is 1. The summed E-state index contributed by atoms with van der Waals surface area (Å²) in [6.07, 6.45) is 0. The lowest BCUT2D eigenvalue weighted by atomic mass is 10.1. The number of thiophene rings is 1. The monoisotopic (exact) mass is 295 g/mol. The van der Waals surface area contributed by atoms with Crippen LogP contribution in [0.25, 0.3) is 0 Å². The first kappa shape index (κ1) is 11.7. The number of rotatable bonds is 3. The molecule has 0 radical (unpaired) electrons. The zero-order valence-electron chi connectivity index (χ0n) is 9.38. The van der Waals surface area contributed by atoms with Gasteiger partial charge in [0.25, 0.3) is 0 Å². The lowest BCUT2D eigenvalue weighted by Crippen LogP contribution is -2.01. The molecule has 2 rings (SSSR count). The fraction of sp³-hybridized carbons (Fsp3) is 0.231. The lowest BCUT2D eigenvalue weighted by Gasteiger charge is -2.12. The molecule has 0 saturated heterocycles. The first-order chi connectivity index (χ1) is 7.66. The van der Waals surface area contributed by atoms with Crippen LogP contribution >= 0.6 is 27.3 Å². The number of hydrogen-bond acceptors (Lipinski definition) is 2. The van der Waals surface area contributed by atoms with Crippen LogP contribution in [0.1, 0.15) is 16.7 Å². The molecule has 1 aromatic carbocycles. The Bertz CT molecular complexity index is 454. The van der Waals surface area contributed by atoms with Gasteiger partial charge in [0.2, 0.25) is 0 Å². The Morgan fingerprint density at radius 3 is 2.75 bits per heavy atom. The molecule has 16 heavy (non-hydrogen) atoms. The Labute approximate surface area is 109 Å². The molecule has 0 unspecified atom stereocenters. The van der Waals surface area contributed by atoms with E-state index in [1.54, 1.807) is 11.3 Å². The van der Waals surface area contributed by atoms with E-state index in [0.717, 1.165) is 11.0 Å². The van der Waals surface area contributed by atoms with Gasteiger partial charge >= 0.3 is 0 Å². The van der Waals surface area contributed by atoms with Crippen molar-refractivity contribution in [2.75, 3.05) is 5.32 Å². The third-order valence-electron chi connectivity index (χ3n) is 2.48. The van der Waals surface area contributed by atoms with E-state index in [2.05, 4.69) is 64.1 Å². The maximum Gasteiger partial charge on any atom is 0.0517 e. The van der Waals surface area contributed by atoms with Gasteiger partial charge in [-0.2, -0.15) is 11.3 Å². The SMILES string of the molecule is Cc1cc(C)c(NCc2ccsc2)c(Br)c1. The average Bonchev–Trinajstić information content (AvgIpc) is 2.68. The quantitative estimate of drug-likeness (QED) is 0.862. The zero-order chi connectivity index (χ0) is 11.5. The second kappa shape index (κ2) is 5.02. The minimum Gasteiger partial charge on any atom is -0.380 e. The van der Waals surface area contributed by atoms with E-state index in [9.17, 15) is 0 Å². The largest absolute Gasteiger partial charge is 0.380 e. The molecular weight excluding hydrogens is 282 g/mol. The van der Waals surface area contributed by atoms with Crippen molar-refractivity contribution >= 4 is 33.0 Å². The van der Waals surface area contributed by atoms with Crippen LogP contribution in [0.4, 0.5) is 5.69 Å². The van der Waals surface area contributed by atoms with Crippen molar-refractivity contribution in [3.63, 3.8) is 0 Å². The molecule has 0 saturated carbocycles. The molecule has 1 aromatic heterocycles. The average molecular weight is 296 g/mol. The molecule has 0 amide bonds. The molecule has 0 aliphatic carbocycles. The maximum atomic E-state index is 3.60. The summed E-state index contributed by atoms with van der Waals surface area (Å²) < 4.78 is 1.14. The second-order valence-electron chi connectivity index (χ2n) is 3.92. The van der Waals surface area contributed by atoms with E-state index in [1.165, 1.54) is 22.4 Å². The van der Waals surface area contributed by atoms with Crippen molar-refractivity contribution in [3.05, 3.63) is 50.1 Å². The van der Waals surface area contributed by atoms with E-state index >= 15 is 0 Å². The number of benzene rings is 1. The standard InChI is InChI=1S/C13H14BrNS/c1-9-5-10(2)13(12(14)6-9)15-7-11-3-4-16-8-11/h3-6,8,15H,7H2,1-2H3. The summed E-state index contributed by atoms with van der Waals surface area (Å²) in [7, 11) is 0. The Morgan fingerprint density at radius 2 is 2.12 bits per heavy atom. The van der Waals surface area contributed by atoms with Crippen LogP contribution in [-0.2, 0) is 6.54 Å². The predicted molar refractivity (Wildman–Crippen MR) is 75.3 cm³/mol. The molecule has 84 valence electrons. The molecule has 1 nitrogen and oxygen atoms in total. The highest BCUT2D eigenvalue weighted by Gasteiger charge is 2.04. The van der Waals surface area contributed by atoms with E-state index in [0.29, 0.717) is 0 Å². The summed E-state index contributed by atoms with van der Waals surface area (Å²) in [6.45, 7) is 5.13. The van der Waals surface area contributed by atoms with Gasteiger partial charge in [0.05, 0.1) is 5.69 Å². The van der Waals surface area contributed by atoms with Crippen LogP contribution in [0, 0.1) is 13.8 Å². The molecule has 2 aromatic rings. The van der Waals surface area contributed by atoms with Crippen molar-refractivity contribution < 1.29 is 0 Å². The van der Waals surface area contributed by atoms with Gasteiger partial charge in [-0.05, 0) is 69.4 Å². The molecule has 0 bridgehead atoms. The molecule has 0 aliphatic rings. The van der Waals surface area contributed by atoms with E-state index in [4.69, 9.17) is 0 Å². The molecule has 0 fully saturated rings. The second-order valence-corrected chi connectivity index (χ2v) is 5.56. The molecular formula is C13H14BrNS. The summed E-state index contributed by atoms with van der Waals surface area (Å²) in [5.41, 5.74) is 5.08. The summed E-state index contributed by atoms with van der Waals surface area (Å²) >= 11 is 5.34. The molecule has 0 spiro atoms. The molecule has 1 heterocycles. The van der Waals surface area contributed by atoms with Crippen molar-refractivity contribution in [1.82, 2.24) is 0 Å². The van der Waals surface area contributed by atoms with Gasteiger partial charge in [-0.1, -0.05) is 6.07 Å². The van der Waals surface area contributed by atoms with Crippen molar-refractivity contribution in [3.8, 4) is 0 Å². The smallest absolute Gasteiger partial charge is 0.0517 e. The molecule has 0 atom stereocenters. The van der Waals surface area contributed by atoms with Crippen molar-refractivity contribution in [2.45, 2.75) is 20.4 Å². The van der Waals surface area contributed by atoms with Gasteiger partial charge in [0.1, 0.15) is 0 Å². The van der Waals surface area contributed by atoms with Gasteiger partial charge < -0.3 is 5.32 Å². The number of halogens is 1. The predicted octanol–water partition coefficient (Wildman–Crippen LogP) is 4.74. The minimum atomic E-state index is 0.881. The van der Waals surface area contributed by atoms with Crippen LogP contribution in [0.2, 0.25) is 0 Å². The Balaban J connectivity index is 2.15. The highest BCUT2D eigenvalue weighted by atomic mass is 79.9. The van der Waals surface area contributed by atoms with Crippen LogP contribution in [0.3, 0.4) is 0 Å². The van der Waals surface area contributed by atoms with Crippen molar-refractivity contribution in [2.24, 2.45) is 0 Å². The summed E-state index contributed by atoms with van der Waals surface area (Å²) in [6, 6.07) is 6.48. The zero-order valence-corrected chi connectivity index (χ0v) is 11.8. The van der Waals surface area contributed by atoms with E-state index in [1.807, 2.05) is 0 Å². The molecule has 0 aliphatic heterocycles. The summed E-state index contributed by atoms with van der Waals surface area (Å²) in [5, 5.41) is 7.75. The Hall–Kier alpha value is -0.800. The normalized spacial score (nSPS) is 10.4. The third kappa shape index (κ3) is 2.66. The van der Waals surface area contributed by atoms with Gasteiger partial charge in [0, 0.05) is 11.0 Å². The van der Waals surface area contributed by atoms with Gasteiger partial charge in [-0.3, -0.25) is 0 Å². The maximum absolute atomic E-state index is 3.60. The highest BCUT2D eigenvalue weighted by Crippen LogP contribution is 2.28. The first-order valence-corrected chi connectivity index (χ1v) is 6.92. The highest BCUT2D eigenvalue weighted by molar-refractivity contribution is 9.10. The van der Waals surface area contributed by atoms with Crippen LogP contribution < -0.4 is 5.32 Å². The van der Waals surface area contributed by atoms with Crippen LogP contribution in [0.15, 0.2) is 33.4 Å². The van der Waals surface area contributed by atoms with Crippen LogP contribution in [-0.4, -0.2) is 0 Å². The fourth-order valence-electron chi connectivity index (χ4n) is 1.72. The van der Waals surface area contributed by atoms with E-state index in [-0.39, 0.29) is 0 Å². The first-order valence-electron chi connectivity index (χ1n) is 5.18. The Morgan fingerprint density at radius 1 is 1.31 bits per heavy atom. The van der Waals surface area contributed by atoms with Crippen LogP contribution in [0.5, 0.6) is 0 Å². The number of anilines is 1. The number of aryl methyl sites for hydroxylation is 2. The van der Waals surface area contributed by atoms with Gasteiger partial charge in [-0.15, -0.1) is 0 Å². The number of hydrogen-bond donors (Lipinski definition) is 1. The van der Waals surface area contributed by atoms with Gasteiger partial charge in [-0.25, -0.2) is 0 Å². The Kier molecular flexibility index (Phi) is 3.66.